The summed E-state index contributed by atoms with van der Waals surface area (Å²) in [6, 6.07) is 6.90. The van der Waals surface area contributed by atoms with E-state index in [1.165, 1.54) is 24.3 Å². The zero-order chi connectivity index (χ0) is 16.4. The fraction of sp³-hybridized carbons (Fsp3) is 0.333. The highest BCUT2D eigenvalue weighted by Gasteiger charge is 2.35. The first-order valence-electron chi connectivity index (χ1n) is 7.09. The molecular weight excluding hydrogens is 311 g/mol. The first-order chi connectivity index (χ1) is 10.9. The molecule has 1 saturated heterocycles. The van der Waals surface area contributed by atoms with Gasteiger partial charge in [0, 0.05) is 12.3 Å². The van der Waals surface area contributed by atoms with E-state index in [2.05, 4.69) is 10.4 Å². The fourth-order valence-corrected chi connectivity index (χ4v) is 2.42. The molecule has 1 aromatic carbocycles. The van der Waals surface area contributed by atoms with E-state index in [4.69, 9.17) is 4.74 Å². The van der Waals surface area contributed by atoms with Gasteiger partial charge in [0.25, 0.3) is 5.91 Å². The Morgan fingerprint density at radius 1 is 1.26 bits per heavy atom. The summed E-state index contributed by atoms with van der Waals surface area (Å²) >= 11 is 0. The lowest BCUT2D eigenvalue weighted by Crippen LogP contribution is -2.26. The van der Waals surface area contributed by atoms with Gasteiger partial charge in [-0.25, -0.2) is 4.68 Å². The number of hydrogen-bond donors (Lipinski definition) is 1. The summed E-state index contributed by atoms with van der Waals surface area (Å²) in [6.07, 6.45) is -2.33. The molecule has 2 aromatic rings. The number of aromatic nitrogens is 2. The minimum Gasteiger partial charge on any atom is -0.368 e. The van der Waals surface area contributed by atoms with E-state index in [-0.39, 0.29) is 11.6 Å². The van der Waals surface area contributed by atoms with Crippen LogP contribution in [0.15, 0.2) is 36.5 Å². The Labute approximate surface area is 130 Å². The highest BCUT2D eigenvalue weighted by atomic mass is 19.4. The molecule has 1 atom stereocenters. The molecule has 122 valence electrons. The van der Waals surface area contributed by atoms with Crippen molar-refractivity contribution in [1.82, 2.24) is 9.78 Å². The molecule has 0 radical (unpaired) electrons. The zero-order valence-corrected chi connectivity index (χ0v) is 12.0. The van der Waals surface area contributed by atoms with Crippen LogP contribution in [-0.2, 0) is 15.7 Å². The van der Waals surface area contributed by atoms with E-state index in [1.54, 1.807) is 0 Å². The van der Waals surface area contributed by atoms with E-state index in [1.807, 2.05) is 0 Å². The maximum Gasteiger partial charge on any atom is 0.433 e. The van der Waals surface area contributed by atoms with Gasteiger partial charge in [0.05, 0.1) is 11.9 Å². The topological polar surface area (TPSA) is 56.2 Å². The van der Waals surface area contributed by atoms with Gasteiger partial charge in [0.1, 0.15) is 11.8 Å². The average Bonchev–Trinajstić information content (AvgIpc) is 3.19. The number of amides is 1. The minimum atomic E-state index is -4.48. The van der Waals surface area contributed by atoms with Gasteiger partial charge >= 0.3 is 6.18 Å². The Balaban J connectivity index is 1.75. The zero-order valence-electron chi connectivity index (χ0n) is 12.0. The van der Waals surface area contributed by atoms with E-state index in [9.17, 15) is 18.0 Å². The molecular formula is C15H14F3N3O2. The number of alkyl halides is 3. The van der Waals surface area contributed by atoms with E-state index < -0.39 is 18.0 Å². The number of carbonyl (C=O) groups is 1. The van der Waals surface area contributed by atoms with Crippen molar-refractivity contribution in [3.05, 3.63) is 42.2 Å². The second-order valence-electron chi connectivity index (χ2n) is 5.16. The van der Waals surface area contributed by atoms with Gasteiger partial charge in [0.15, 0.2) is 0 Å². The number of carbonyl (C=O) groups excluding carboxylic acids is 1. The molecule has 0 unspecified atom stereocenters. The molecule has 0 aliphatic carbocycles. The fourth-order valence-electron chi connectivity index (χ4n) is 2.42. The van der Waals surface area contributed by atoms with Gasteiger partial charge in [-0.05, 0) is 43.2 Å². The maximum atomic E-state index is 12.9. The molecule has 3 rings (SSSR count). The predicted molar refractivity (Wildman–Crippen MR) is 76.2 cm³/mol. The summed E-state index contributed by atoms with van der Waals surface area (Å²) in [5.74, 6) is -0.245. The third-order valence-electron chi connectivity index (χ3n) is 3.53. The second-order valence-corrected chi connectivity index (χ2v) is 5.16. The smallest absolute Gasteiger partial charge is 0.368 e. The van der Waals surface area contributed by atoms with E-state index in [0.717, 1.165) is 23.4 Å². The van der Waals surface area contributed by atoms with Crippen LogP contribution in [0.25, 0.3) is 5.69 Å². The summed E-state index contributed by atoms with van der Waals surface area (Å²) in [6.45, 7) is 0.566. The molecule has 1 N–H and O–H groups in total. The largest absolute Gasteiger partial charge is 0.433 e. The predicted octanol–water partition coefficient (Wildman–Crippen LogP) is 3.01. The van der Waals surface area contributed by atoms with Gasteiger partial charge in [0.2, 0.25) is 0 Å². The molecule has 0 saturated carbocycles. The lowest BCUT2D eigenvalue weighted by molar-refractivity contribution is -0.142. The minimum absolute atomic E-state index is 0.245. The highest BCUT2D eigenvalue weighted by molar-refractivity contribution is 5.94. The van der Waals surface area contributed by atoms with Crippen LogP contribution in [0, 0.1) is 0 Å². The summed E-state index contributed by atoms with van der Waals surface area (Å²) < 4.78 is 44.7. The molecule has 1 fully saturated rings. The number of ether oxygens (including phenoxy) is 1. The van der Waals surface area contributed by atoms with Crippen molar-refractivity contribution in [2.24, 2.45) is 0 Å². The SMILES string of the molecule is O=C(Nc1ccc(-n2nccc2C(F)(F)F)cc1)[C@H]1CCCO1. The molecule has 5 nitrogen and oxygen atoms in total. The first-order valence-corrected chi connectivity index (χ1v) is 7.09. The van der Waals surface area contributed by atoms with Crippen molar-refractivity contribution >= 4 is 11.6 Å². The van der Waals surface area contributed by atoms with Gasteiger partial charge < -0.3 is 10.1 Å². The van der Waals surface area contributed by atoms with Crippen molar-refractivity contribution in [3.8, 4) is 5.69 Å². The quantitative estimate of drug-likeness (QED) is 0.944. The van der Waals surface area contributed by atoms with Crippen LogP contribution < -0.4 is 5.32 Å². The van der Waals surface area contributed by atoms with Gasteiger partial charge in [-0.15, -0.1) is 0 Å². The Morgan fingerprint density at radius 3 is 2.61 bits per heavy atom. The van der Waals surface area contributed by atoms with E-state index >= 15 is 0 Å². The Hall–Kier alpha value is -2.35. The summed E-state index contributed by atoms with van der Waals surface area (Å²) in [4.78, 5) is 11.9. The van der Waals surface area contributed by atoms with Crippen molar-refractivity contribution in [3.63, 3.8) is 0 Å². The standard InChI is InChI=1S/C15H14F3N3O2/c16-15(17,18)13-7-8-19-21(13)11-5-3-10(4-6-11)20-14(22)12-2-1-9-23-12/h3-8,12H,1-2,9H2,(H,20,22)/t12-/m1/s1. The maximum absolute atomic E-state index is 12.9. The van der Waals surface area contributed by atoms with Crippen LogP contribution in [0.1, 0.15) is 18.5 Å². The van der Waals surface area contributed by atoms with Crippen molar-refractivity contribution in [2.75, 3.05) is 11.9 Å². The highest BCUT2D eigenvalue weighted by Crippen LogP contribution is 2.30. The van der Waals surface area contributed by atoms with Gasteiger partial charge in [-0.3, -0.25) is 4.79 Å². The molecule has 1 aliphatic rings. The van der Waals surface area contributed by atoms with Crippen LogP contribution in [0.4, 0.5) is 18.9 Å². The summed E-state index contributed by atoms with van der Waals surface area (Å²) in [7, 11) is 0. The number of halogens is 3. The van der Waals surface area contributed by atoms with Crippen molar-refractivity contribution in [2.45, 2.75) is 25.1 Å². The van der Waals surface area contributed by atoms with Crippen molar-refractivity contribution < 1.29 is 22.7 Å². The molecule has 2 heterocycles. The van der Waals surface area contributed by atoms with Gasteiger partial charge in [-0.2, -0.15) is 18.3 Å². The van der Waals surface area contributed by atoms with Crippen LogP contribution in [0.2, 0.25) is 0 Å². The third kappa shape index (κ3) is 3.37. The molecule has 0 bridgehead atoms. The van der Waals surface area contributed by atoms with Gasteiger partial charge in [-0.1, -0.05) is 0 Å². The second kappa shape index (κ2) is 6.04. The van der Waals surface area contributed by atoms with Crippen LogP contribution in [-0.4, -0.2) is 28.4 Å². The first kappa shape index (κ1) is 15.5. The molecule has 1 aliphatic heterocycles. The number of nitrogens with zero attached hydrogens (tertiary/aromatic N) is 2. The Morgan fingerprint density at radius 2 is 2.00 bits per heavy atom. The number of benzene rings is 1. The Kier molecular flexibility index (Phi) is 4.08. The number of anilines is 1. The number of hydrogen-bond acceptors (Lipinski definition) is 3. The molecule has 1 amide bonds. The molecule has 0 spiro atoms. The molecule has 8 heteroatoms. The van der Waals surface area contributed by atoms with E-state index in [0.29, 0.717) is 18.7 Å². The Bertz CT molecular complexity index is 689. The van der Waals surface area contributed by atoms with Crippen LogP contribution in [0.5, 0.6) is 0 Å². The number of rotatable bonds is 3. The summed E-state index contributed by atoms with van der Waals surface area (Å²) in [5, 5.41) is 6.38. The lowest BCUT2D eigenvalue weighted by Gasteiger charge is -2.12. The average molecular weight is 325 g/mol. The van der Waals surface area contributed by atoms with Crippen LogP contribution in [0.3, 0.4) is 0 Å². The summed E-state index contributed by atoms with van der Waals surface area (Å²) in [5.41, 5.74) is -0.0963. The lowest BCUT2D eigenvalue weighted by atomic mass is 10.2. The monoisotopic (exact) mass is 325 g/mol. The third-order valence-corrected chi connectivity index (χ3v) is 3.53. The normalized spacial score (nSPS) is 18.1. The van der Waals surface area contributed by atoms with Crippen molar-refractivity contribution in [1.29, 1.82) is 0 Å². The number of nitrogens with one attached hydrogen (secondary N) is 1. The molecule has 1 aromatic heterocycles. The van der Waals surface area contributed by atoms with Crippen LogP contribution >= 0.6 is 0 Å². The molecule has 23 heavy (non-hydrogen) atoms.